The first-order chi connectivity index (χ1) is 9.43. The predicted molar refractivity (Wildman–Crippen MR) is 82.4 cm³/mol. The number of aliphatic hydroxyl groups is 1. The molecule has 0 fully saturated rings. The molecule has 0 spiro atoms. The van der Waals surface area contributed by atoms with Crippen molar-refractivity contribution in [3.63, 3.8) is 0 Å². The van der Waals surface area contributed by atoms with E-state index in [-0.39, 0.29) is 0 Å². The van der Waals surface area contributed by atoms with Gasteiger partial charge in [-0.05, 0) is 44.9 Å². The molecule has 0 saturated heterocycles. The maximum atomic E-state index is 10.3. The molecule has 0 aliphatic rings. The Labute approximate surface area is 121 Å². The van der Waals surface area contributed by atoms with E-state index in [1.807, 2.05) is 37.3 Å². The molecular weight excluding hydrogens is 252 g/mol. The highest BCUT2D eigenvalue weighted by atomic mass is 16.5. The van der Waals surface area contributed by atoms with E-state index in [2.05, 4.69) is 6.08 Å². The SMILES string of the molecule is C/C=C\C=C/Cc1cc(OC)c(C(C)(C)O)c(OC)c1. The van der Waals surface area contributed by atoms with Crippen molar-refractivity contribution in [1.29, 1.82) is 0 Å². The summed E-state index contributed by atoms with van der Waals surface area (Å²) in [5.41, 5.74) is 0.729. The maximum Gasteiger partial charge on any atom is 0.128 e. The molecule has 3 nitrogen and oxygen atoms in total. The standard InChI is InChI=1S/C17H24O3/c1-6-7-8-9-10-13-11-14(19-4)16(17(2,3)18)15(12-13)20-5/h6-9,11-12,18H,10H2,1-5H3/b7-6-,9-8-. The van der Waals surface area contributed by atoms with Crippen LogP contribution >= 0.6 is 0 Å². The minimum atomic E-state index is -1.02. The smallest absolute Gasteiger partial charge is 0.128 e. The monoisotopic (exact) mass is 276 g/mol. The molecule has 1 aromatic carbocycles. The summed E-state index contributed by atoms with van der Waals surface area (Å²) in [4.78, 5) is 0. The van der Waals surface area contributed by atoms with E-state index in [9.17, 15) is 5.11 Å². The van der Waals surface area contributed by atoms with Gasteiger partial charge >= 0.3 is 0 Å². The summed E-state index contributed by atoms with van der Waals surface area (Å²) in [6.07, 6.45) is 8.82. The Bertz CT molecular complexity index is 468. The molecule has 1 N–H and O–H groups in total. The third kappa shape index (κ3) is 4.14. The van der Waals surface area contributed by atoms with Crippen molar-refractivity contribution in [3.05, 3.63) is 47.6 Å². The van der Waals surface area contributed by atoms with Crippen LogP contribution in [0.3, 0.4) is 0 Å². The molecule has 0 aliphatic heterocycles. The van der Waals surface area contributed by atoms with Crippen LogP contribution in [0.4, 0.5) is 0 Å². The number of hydrogen-bond acceptors (Lipinski definition) is 3. The molecule has 1 aromatic rings. The Morgan fingerprint density at radius 3 is 2.05 bits per heavy atom. The summed E-state index contributed by atoms with van der Waals surface area (Å²) >= 11 is 0. The van der Waals surface area contributed by atoms with E-state index >= 15 is 0 Å². The first-order valence-electron chi connectivity index (χ1n) is 6.69. The normalized spacial score (nSPS) is 12.3. The lowest BCUT2D eigenvalue weighted by Crippen LogP contribution is -2.18. The van der Waals surface area contributed by atoms with Gasteiger partial charge < -0.3 is 14.6 Å². The fraction of sp³-hybridized carbons (Fsp3) is 0.412. The minimum absolute atomic E-state index is 0.645. The zero-order valence-corrected chi connectivity index (χ0v) is 12.9. The number of allylic oxidation sites excluding steroid dienone is 4. The average Bonchev–Trinajstić information content (AvgIpc) is 2.41. The molecule has 0 heterocycles. The predicted octanol–water partition coefficient (Wildman–Crippen LogP) is 3.61. The van der Waals surface area contributed by atoms with E-state index in [1.54, 1.807) is 28.1 Å². The van der Waals surface area contributed by atoms with Crippen molar-refractivity contribution >= 4 is 0 Å². The molecule has 0 aromatic heterocycles. The van der Waals surface area contributed by atoms with Crippen LogP contribution in [0.15, 0.2) is 36.4 Å². The lowest BCUT2D eigenvalue weighted by Gasteiger charge is -2.24. The minimum Gasteiger partial charge on any atom is -0.496 e. The molecule has 0 saturated carbocycles. The molecule has 20 heavy (non-hydrogen) atoms. The summed E-state index contributed by atoms with van der Waals surface area (Å²) in [5, 5.41) is 10.3. The van der Waals surface area contributed by atoms with Gasteiger partial charge in [0.1, 0.15) is 11.5 Å². The van der Waals surface area contributed by atoms with E-state index in [1.165, 1.54) is 0 Å². The van der Waals surface area contributed by atoms with E-state index in [0.29, 0.717) is 17.1 Å². The zero-order chi connectivity index (χ0) is 15.2. The van der Waals surface area contributed by atoms with Crippen LogP contribution in [0.1, 0.15) is 31.9 Å². The van der Waals surface area contributed by atoms with Gasteiger partial charge in [-0.15, -0.1) is 0 Å². The number of methoxy groups -OCH3 is 2. The molecular formula is C17H24O3. The van der Waals surface area contributed by atoms with E-state index < -0.39 is 5.60 Å². The van der Waals surface area contributed by atoms with Crippen molar-refractivity contribution in [2.24, 2.45) is 0 Å². The van der Waals surface area contributed by atoms with E-state index in [0.717, 1.165) is 12.0 Å². The molecule has 0 aliphatic carbocycles. The highest BCUT2D eigenvalue weighted by molar-refractivity contribution is 5.51. The Balaban J connectivity index is 3.19. The van der Waals surface area contributed by atoms with Crippen LogP contribution < -0.4 is 9.47 Å². The van der Waals surface area contributed by atoms with Gasteiger partial charge in [-0.25, -0.2) is 0 Å². The molecule has 3 heteroatoms. The summed E-state index contributed by atoms with van der Waals surface area (Å²) in [6.45, 7) is 5.42. The molecule has 0 atom stereocenters. The second-order valence-corrected chi connectivity index (χ2v) is 5.09. The van der Waals surface area contributed by atoms with Gasteiger partial charge in [0.15, 0.2) is 0 Å². The molecule has 0 amide bonds. The third-order valence-electron chi connectivity index (χ3n) is 2.97. The van der Waals surface area contributed by atoms with Crippen LogP contribution in [0.5, 0.6) is 11.5 Å². The summed E-state index contributed by atoms with van der Waals surface area (Å²) in [5.74, 6) is 1.29. The Morgan fingerprint density at radius 1 is 1.10 bits per heavy atom. The van der Waals surface area contributed by atoms with Crippen LogP contribution in [-0.2, 0) is 12.0 Å². The Hall–Kier alpha value is -1.74. The van der Waals surface area contributed by atoms with Gasteiger partial charge in [-0.2, -0.15) is 0 Å². The fourth-order valence-electron chi connectivity index (χ4n) is 2.08. The number of rotatable bonds is 6. The van der Waals surface area contributed by atoms with Crippen molar-refractivity contribution < 1.29 is 14.6 Å². The molecule has 0 bridgehead atoms. The second kappa shape index (κ2) is 7.15. The van der Waals surface area contributed by atoms with Gasteiger partial charge in [-0.1, -0.05) is 24.3 Å². The second-order valence-electron chi connectivity index (χ2n) is 5.09. The molecule has 110 valence electrons. The first-order valence-corrected chi connectivity index (χ1v) is 6.69. The van der Waals surface area contributed by atoms with Crippen LogP contribution in [0, 0.1) is 0 Å². The average molecular weight is 276 g/mol. The summed E-state index contributed by atoms with van der Waals surface area (Å²) in [6, 6.07) is 3.88. The highest BCUT2D eigenvalue weighted by Gasteiger charge is 2.26. The quantitative estimate of drug-likeness (QED) is 0.807. The molecule has 0 radical (unpaired) electrons. The first kappa shape index (κ1) is 16.3. The molecule has 0 unspecified atom stereocenters. The van der Waals surface area contributed by atoms with Crippen molar-refractivity contribution in [2.75, 3.05) is 14.2 Å². The van der Waals surface area contributed by atoms with Gasteiger partial charge in [-0.3, -0.25) is 0 Å². The van der Waals surface area contributed by atoms with Gasteiger partial charge in [0.2, 0.25) is 0 Å². The zero-order valence-electron chi connectivity index (χ0n) is 12.9. The highest BCUT2D eigenvalue weighted by Crippen LogP contribution is 2.38. The third-order valence-corrected chi connectivity index (χ3v) is 2.97. The number of benzene rings is 1. The Kier molecular flexibility index (Phi) is 5.83. The van der Waals surface area contributed by atoms with Crippen LogP contribution in [0.25, 0.3) is 0 Å². The van der Waals surface area contributed by atoms with Crippen LogP contribution in [0.2, 0.25) is 0 Å². The van der Waals surface area contributed by atoms with Crippen LogP contribution in [-0.4, -0.2) is 19.3 Å². The molecule has 1 rings (SSSR count). The number of ether oxygens (including phenoxy) is 2. The van der Waals surface area contributed by atoms with Crippen molar-refractivity contribution in [3.8, 4) is 11.5 Å². The van der Waals surface area contributed by atoms with Crippen molar-refractivity contribution in [1.82, 2.24) is 0 Å². The fourth-order valence-corrected chi connectivity index (χ4v) is 2.08. The summed E-state index contributed by atoms with van der Waals surface area (Å²) < 4.78 is 10.8. The van der Waals surface area contributed by atoms with Gasteiger partial charge in [0.05, 0.1) is 25.4 Å². The van der Waals surface area contributed by atoms with Gasteiger partial charge in [0, 0.05) is 0 Å². The van der Waals surface area contributed by atoms with E-state index in [4.69, 9.17) is 9.47 Å². The number of hydrogen-bond donors (Lipinski definition) is 1. The Morgan fingerprint density at radius 2 is 1.65 bits per heavy atom. The topological polar surface area (TPSA) is 38.7 Å². The van der Waals surface area contributed by atoms with Crippen molar-refractivity contribution in [2.45, 2.75) is 32.8 Å². The lowest BCUT2D eigenvalue weighted by molar-refractivity contribution is 0.0726. The largest absolute Gasteiger partial charge is 0.496 e. The lowest BCUT2D eigenvalue weighted by atomic mass is 9.94. The van der Waals surface area contributed by atoms with Gasteiger partial charge in [0.25, 0.3) is 0 Å². The summed E-state index contributed by atoms with van der Waals surface area (Å²) in [7, 11) is 3.20. The maximum absolute atomic E-state index is 10.3.